The van der Waals surface area contributed by atoms with Crippen LogP contribution in [0.4, 0.5) is 0 Å². The van der Waals surface area contributed by atoms with Gasteiger partial charge in [-0.2, -0.15) is 0 Å². The minimum Gasteiger partial charge on any atom is -0.423 e. The number of ether oxygens (including phenoxy) is 1. The fraction of sp³-hybridized carbons (Fsp3) is 0.487. The number of aromatic nitrogens is 2. The van der Waals surface area contributed by atoms with E-state index in [0.29, 0.717) is 42.4 Å². The van der Waals surface area contributed by atoms with E-state index >= 15 is 0 Å². The highest BCUT2D eigenvalue weighted by Crippen LogP contribution is 2.61. The van der Waals surface area contributed by atoms with Crippen molar-refractivity contribution in [2.75, 3.05) is 33.8 Å². The van der Waals surface area contributed by atoms with Crippen molar-refractivity contribution in [2.45, 2.75) is 64.6 Å². The van der Waals surface area contributed by atoms with Gasteiger partial charge in [-0.05, 0) is 69.3 Å². The summed E-state index contributed by atoms with van der Waals surface area (Å²) in [6.45, 7) is 11.8. The van der Waals surface area contributed by atoms with Crippen LogP contribution in [-0.4, -0.2) is 94.6 Å². The molecule has 2 fully saturated rings. The number of ketones is 1. The molecule has 11 nitrogen and oxygen atoms in total. The van der Waals surface area contributed by atoms with Crippen molar-refractivity contribution < 1.29 is 24.5 Å². The van der Waals surface area contributed by atoms with Gasteiger partial charge in [0.2, 0.25) is 0 Å². The van der Waals surface area contributed by atoms with Gasteiger partial charge in [0.15, 0.2) is 5.78 Å². The predicted molar refractivity (Wildman–Crippen MR) is 195 cm³/mol. The number of fused-ring (bicyclic) bond motifs is 1. The Bertz CT molecular complexity index is 1680. The van der Waals surface area contributed by atoms with Crippen LogP contribution in [0.5, 0.6) is 0 Å². The van der Waals surface area contributed by atoms with Crippen LogP contribution in [0.15, 0.2) is 83.4 Å². The number of hydrogen-bond acceptors (Lipinski definition) is 9. The van der Waals surface area contributed by atoms with Gasteiger partial charge in [0.05, 0.1) is 37.3 Å². The Labute approximate surface area is 295 Å². The van der Waals surface area contributed by atoms with Gasteiger partial charge >= 0.3 is 5.97 Å². The average molecular weight is 685 g/mol. The first-order valence-corrected chi connectivity index (χ1v) is 17.4. The zero-order valence-electron chi connectivity index (χ0n) is 29.9. The zero-order chi connectivity index (χ0) is 36.2. The lowest BCUT2D eigenvalue weighted by Crippen LogP contribution is -2.61. The molecule has 1 aromatic heterocycles. The Balaban J connectivity index is 1.36. The molecule has 2 aromatic rings. The molecule has 11 heteroatoms. The van der Waals surface area contributed by atoms with Crippen LogP contribution < -0.4 is 11.1 Å². The maximum absolute atomic E-state index is 13.1. The van der Waals surface area contributed by atoms with Gasteiger partial charge < -0.3 is 35.9 Å². The number of benzene rings is 1. The highest BCUT2D eigenvalue weighted by atomic mass is 16.5. The number of hydrogen-bond donors (Lipinski definition) is 5. The number of rotatable bonds is 13. The van der Waals surface area contributed by atoms with E-state index in [1.54, 1.807) is 30.6 Å². The quantitative estimate of drug-likeness (QED) is 0.0918. The number of carbonyl (C=O) groups is 2. The van der Waals surface area contributed by atoms with Crippen LogP contribution in [0, 0.1) is 22.7 Å². The number of nitrogens with two attached hydrogens (primary N) is 1. The lowest BCUT2D eigenvalue weighted by molar-refractivity contribution is -0.149. The summed E-state index contributed by atoms with van der Waals surface area (Å²) in [6, 6.07) is 6.86. The second-order valence-corrected chi connectivity index (χ2v) is 14.8. The number of aliphatic hydroxyl groups is 2. The van der Waals surface area contributed by atoms with E-state index in [-0.39, 0.29) is 42.1 Å². The highest BCUT2D eigenvalue weighted by Gasteiger charge is 2.59. The number of aromatic amines is 1. The number of imidazole rings is 1. The van der Waals surface area contributed by atoms with Crippen LogP contribution in [0.25, 0.3) is 6.08 Å². The van der Waals surface area contributed by atoms with E-state index in [0.717, 1.165) is 29.7 Å². The normalized spacial score (nSPS) is 30.1. The summed E-state index contributed by atoms with van der Waals surface area (Å²) in [5, 5.41) is 25.3. The largest absolute Gasteiger partial charge is 0.423 e. The number of cyclic esters (lactones) is 1. The fourth-order valence-electron chi connectivity index (χ4n) is 7.89. The molecule has 50 heavy (non-hydrogen) atoms. The third kappa shape index (κ3) is 7.91. The number of allylic oxidation sites excluding steroid dienone is 2. The molecule has 1 aromatic carbocycles. The number of Topliss-reactive ketones (excluding diaryl/α,β-unsaturated/α-hetero) is 1. The van der Waals surface area contributed by atoms with Gasteiger partial charge in [-0.1, -0.05) is 62.4 Å². The maximum atomic E-state index is 13.1. The molecule has 0 spiro atoms. The number of esters is 1. The third-order valence-corrected chi connectivity index (χ3v) is 11.1. The van der Waals surface area contributed by atoms with E-state index < -0.39 is 23.5 Å². The van der Waals surface area contributed by atoms with Crippen molar-refractivity contribution in [3.05, 3.63) is 95.3 Å². The van der Waals surface area contributed by atoms with E-state index in [1.165, 1.54) is 0 Å². The number of amidine groups is 1. The first-order valence-electron chi connectivity index (χ1n) is 17.4. The summed E-state index contributed by atoms with van der Waals surface area (Å²) in [4.78, 5) is 39.8. The summed E-state index contributed by atoms with van der Waals surface area (Å²) < 4.78 is 5.62. The molecule has 3 aliphatic rings. The Morgan fingerprint density at radius 3 is 2.70 bits per heavy atom. The smallest absolute Gasteiger partial charge is 0.343 e. The van der Waals surface area contributed by atoms with E-state index in [2.05, 4.69) is 33.8 Å². The Kier molecular flexibility index (Phi) is 11.4. The Hall–Kier alpha value is -4.16. The SMILES string of the molecule is C=C1C(NC(C)C(=O)Cc2ncc[nH]2)CC2[C@](C)(CC[C@@H](O)[C@@]2(C)CO)C1/C=C/C1=CC(=C\c2ccc(C(N)=NCCN(C)C)cc2)/OC1=O. The van der Waals surface area contributed by atoms with Crippen LogP contribution in [0.3, 0.4) is 0 Å². The monoisotopic (exact) mass is 684 g/mol. The van der Waals surface area contributed by atoms with Crippen molar-refractivity contribution in [3.8, 4) is 0 Å². The van der Waals surface area contributed by atoms with Gasteiger partial charge in [-0.25, -0.2) is 9.78 Å². The summed E-state index contributed by atoms with van der Waals surface area (Å²) in [5.41, 5.74) is 8.05. The number of aliphatic hydroxyl groups excluding tert-OH is 2. The Morgan fingerprint density at radius 2 is 2.04 bits per heavy atom. The van der Waals surface area contributed by atoms with E-state index in [1.807, 2.05) is 63.2 Å². The molecule has 2 heterocycles. The van der Waals surface area contributed by atoms with Gasteiger partial charge in [-0.3, -0.25) is 9.79 Å². The van der Waals surface area contributed by atoms with Crippen molar-refractivity contribution in [1.29, 1.82) is 0 Å². The predicted octanol–water partition coefficient (Wildman–Crippen LogP) is 3.57. The molecule has 0 radical (unpaired) electrons. The standard InChI is InChI=1S/C39H52N6O5/c1-24-30(12-11-28-20-29(50-37(28)49)19-26-7-9-27(10-8-26)36(40)43-17-18-45(5)6)38(3)14-13-34(48)39(4,23-46)33(38)21-31(24)44-25(2)32(47)22-35-41-15-16-42-35/h7-12,15-16,19-20,25,30-31,33-34,44,46,48H,1,13-14,17-18,21-23H2,2-6H3,(H2,40,43)(H,41,42)/b12-11+,29-19+/t25?,30?,31?,33?,34-,38-,39+/m1/s1. The molecule has 0 bridgehead atoms. The summed E-state index contributed by atoms with van der Waals surface area (Å²) >= 11 is 0. The second kappa shape index (κ2) is 15.4. The number of nitrogens with one attached hydrogen (secondary N) is 2. The van der Waals surface area contributed by atoms with Crippen molar-refractivity contribution >= 4 is 23.7 Å². The van der Waals surface area contributed by atoms with Crippen LogP contribution in [0.1, 0.15) is 57.0 Å². The number of H-pyrrole nitrogens is 1. The fourth-order valence-corrected chi connectivity index (χ4v) is 7.89. The minimum atomic E-state index is -0.749. The molecule has 4 unspecified atom stereocenters. The lowest BCUT2D eigenvalue weighted by Gasteiger charge is -2.61. The van der Waals surface area contributed by atoms with Crippen LogP contribution in [0.2, 0.25) is 0 Å². The van der Waals surface area contributed by atoms with Crippen molar-refractivity contribution in [3.63, 3.8) is 0 Å². The molecule has 0 saturated heterocycles. The molecule has 0 amide bonds. The second-order valence-electron chi connectivity index (χ2n) is 14.8. The van der Waals surface area contributed by atoms with Crippen molar-refractivity contribution in [1.82, 2.24) is 20.2 Å². The topological polar surface area (TPSA) is 166 Å². The summed E-state index contributed by atoms with van der Waals surface area (Å²) in [5.74, 6) is 0.758. The number of aliphatic imine (C=N–C) groups is 1. The first-order chi connectivity index (χ1) is 23.7. The third-order valence-electron chi connectivity index (χ3n) is 11.1. The molecule has 1 aliphatic heterocycles. The van der Waals surface area contributed by atoms with Gasteiger partial charge in [0.25, 0.3) is 0 Å². The Morgan fingerprint density at radius 1 is 1.30 bits per heavy atom. The van der Waals surface area contributed by atoms with Gasteiger partial charge in [0, 0.05) is 41.9 Å². The zero-order valence-corrected chi connectivity index (χ0v) is 29.9. The molecule has 2 aliphatic carbocycles. The number of nitrogens with zero attached hydrogens (tertiary/aromatic N) is 3. The van der Waals surface area contributed by atoms with E-state index in [4.69, 9.17) is 10.5 Å². The maximum Gasteiger partial charge on any atom is 0.343 e. The molecular weight excluding hydrogens is 632 g/mol. The summed E-state index contributed by atoms with van der Waals surface area (Å²) in [6.07, 6.45) is 12.0. The van der Waals surface area contributed by atoms with E-state index in [9.17, 15) is 19.8 Å². The minimum absolute atomic E-state index is 0.00815. The molecule has 6 N–H and O–H groups in total. The van der Waals surface area contributed by atoms with Gasteiger partial charge in [-0.15, -0.1) is 0 Å². The molecule has 5 rings (SSSR count). The number of carbonyl (C=O) groups excluding carboxylic acids is 2. The number of likely N-dealkylation sites (N-methyl/N-ethyl adjacent to an activating group) is 1. The molecular formula is C39H52N6O5. The average Bonchev–Trinajstić information content (AvgIpc) is 3.72. The lowest BCUT2D eigenvalue weighted by atomic mass is 9.45. The van der Waals surface area contributed by atoms with Crippen molar-refractivity contribution in [2.24, 2.45) is 33.4 Å². The summed E-state index contributed by atoms with van der Waals surface area (Å²) in [7, 11) is 3.98. The molecule has 7 atom stereocenters. The van der Waals surface area contributed by atoms with Crippen LogP contribution in [-0.2, 0) is 20.7 Å². The van der Waals surface area contributed by atoms with Crippen LogP contribution >= 0.6 is 0 Å². The highest BCUT2D eigenvalue weighted by molar-refractivity contribution is 5.98. The molecule has 268 valence electrons. The first kappa shape index (κ1) is 37.1. The molecule has 2 saturated carbocycles. The van der Waals surface area contributed by atoms with Gasteiger partial charge in [0.1, 0.15) is 17.4 Å².